The number of likely N-dealkylation sites (N-methyl/N-ethyl adjacent to an activating group) is 1. The summed E-state index contributed by atoms with van der Waals surface area (Å²) in [6.07, 6.45) is 24.7. The highest BCUT2D eigenvalue weighted by atomic mass is 16.1. The van der Waals surface area contributed by atoms with Crippen LogP contribution in [-0.2, 0) is 4.79 Å². The molecule has 0 aromatic heterocycles. The van der Waals surface area contributed by atoms with Crippen molar-refractivity contribution in [3.05, 3.63) is 12.2 Å². The largest absolute Gasteiger partial charge is 0.307 e. The van der Waals surface area contributed by atoms with E-state index < -0.39 is 0 Å². The fraction of sp³-hybridized carbons (Fsp3) is 0.840. The summed E-state index contributed by atoms with van der Waals surface area (Å²) >= 11 is 0. The maximum Gasteiger partial charge on any atom is 0.221 e. The molecular weight excluding hydrogens is 358 g/mol. The molecule has 1 N–H and O–H groups in total. The van der Waals surface area contributed by atoms with Crippen molar-refractivity contribution in [2.75, 3.05) is 13.1 Å². The summed E-state index contributed by atoms with van der Waals surface area (Å²) in [6, 6.07) is 0. The van der Waals surface area contributed by atoms with Crippen LogP contribution < -0.4 is 5.32 Å². The number of hydrogen-bond acceptors (Lipinski definition) is 2. The van der Waals surface area contributed by atoms with Crippen LogP contribution in [0.2, 0.25) is 0 Å². The number of unbranched alkanes of at least 4 members (excludes halogenated alkanes) is 12. The van der Waals surface area contributed by atoms with Crippen LogP contribution in [0.3, 0.4) is 0 Å². The first-order valence-electron chi connectivity index (χ1n) is 12.4. The third kappa shape index (κ3) is 9.93. The minimum Gasteiger partial charge on any atom is -0.307 e. The number of nitrogens with one attached hydrogen (secondary N) is 1. The first-order valence-corrected chi connectivity index (χ1v) is 12.4. The number of quaternary nitrogens is 1. The smallest absolute Gasteiger partial charge is 0.221 e. The van der Waals surface area contributed by atoms with Gasteiger partial charge >= 0.3 is 0 Å². The number of allylic oxidation sites excluding steroid dienone is 1. The zero-order chi connectivity index (χ0) is 21.4. The van der Waals surface area contributed by atoms with E-state index in [-0.39, 0.29) is 18.2 Å². The van der Waals surface area contributed by atoms with E-state index in [2.05, 4.69) is 38.2 Å². The van der Waals surface area contributed by atoms with Gasteiger partial charge in [-0.15, -0.1) is 0 Å². The van der Waals surface area contributed by atoms with E-state index in [4.69, 9.17) is 4.99 Å². The summed E-state index contributed by atoms with van der Waals surface area (Å²) in [5.74, 6) is 0.0366. The molecule has 0 saturated heterocycles. The third-order valence-corrected chi connectivity index (χ3v) is 6.51. The Balaban J connectivity index is 2.13. The van der Waals surface area contributed by atoms with Crippen LogP contribution in [0.5, 0.6) is 0 Å². The molecule has 0 aliphatic carbocycles. The first kappa shape index (κ1) is 25.9. The fourth-order valence-electron chi connectivity index (χ4n) is 4.49. The highest BCUT2D eigenvalue weighted by Crippen LogP contribution is 2.24. The summed E-state index contributed by atoms with van der Waals surface area (Å²) in [5.41, 5.74) is 0. The van der Waals surface area contributed by atoms with Gasteiger partial charge in [0.15, 0.2) is 6.17 Å². The molecule has 3 unspecified atom stereocenters. The van der Waals surface area contributed by atoms with E-state index >= 15 is 0 Å². The van der Waals surface area contributed by atoms with Gasteiger partial charge in [0.1, 0.15) is 6.54 Å². The van der Waals surface area contributed by atoms with Crippen LogP contribution in [-0.4, -0.2) is 42.0 Å². The van der Waals surface area contributed by atoms with Gasteiger partial charge in [0.05, 0.1) is 12.8 Å². The minimum absolute atomic E-state index is 0.0366. The predicted molar refractivity (Wildman–Crippen MR) is 126 cm³/mol. The molecule has 0 aromatic carbocycles. The van der Waals surface area contributed by atoms with Crippen molar-refractivity contribution in [2.45, 2.75) is 123 Å². The predicted octanol–water partition coefficient (Wildman–Crippen LogP) is 6.36. The molecule has 3 atom stereocenters. The van der Waals surface area contributed by atoms with Crippen LogP contribution in [0.4, 0.5) is 0 Å². The average Bonchev–Trinajstić information content (AvgIpc) is 3.12. The molecule has 0 radical (unpaired) electrons. The topological polar surface area (TPSA) is 41.5 Å². The van der Waals surface area contributed by atoms with E-state index in [0.29, 0.717) is 0 Å². The molecule has 0 aromatic rings. The molecular formula is C25H48N3O+. The van der Waals surface area contributed by atoms with Crippen molar-refractivity contribution in [1.29, 1.82) is 0 Å². The number of hydrogen-bond donors (Lipinski definition) is 1. The summed E-state index contributed by atoms with van der Waals surface area (Å²) in [7, 11) is 0. The lowest BCUT2D eigenvalue weighted by atomic mass is 10.0. The average molecular weight is 407 g/mol. The molecule has 0 fully saturated rings. The summed E-state index contributed by atoms with van der Waals surface area (Å²) in [5, 5.41) is 3.08. The van der Waals surface area contributed by atoms with Crippen molar-refractivity contribution < 1.29 is 9.28 Å². The lowest BCUT2D eigenvalue weighted by Gasteiger charge is -2.41. The fourth-order valence-corrected chi connectivity index (χ4v) is 4.49. The minimum atomic E-state index is 0.0366. The Kier molecular flexibility index (Phi) is 14.0. The van der Waals surface area contributed by atoms with Gasteiger partial charge in [-0.05, 0) is 25.8 Å². The van der Waals surface area contributed by atoms with Crippen LogP contribution in [0.1, 0.15) is 111 Å². The molecule has 168 valence electrons. The first-order chi connectivity index (χ1) is 14.1. The normalized spacial score (nSPS) is 22.4. The molecule has 0 saturated carbocycles. The quantitative estimate of drug-likeness (QED) is 0.170. The van der Waals surface area contributed by atoms with Gasteiger partial charge in [0.25, 0.3) is 0 Å². The molecule has 1 heterocycles. The summed E-state index contributed by atoms with van der Waals surface area (Å²) < 4.78 is 0.800. The monoisotopic (exact) mass is 406 g/mol. The van der Waals surface area contributed by atoms with Crippen molar-refractivity contribution >= 4 is 12.1 Å². The molecule has 1 aliphatic heterocycles. The van der Waals surface area contributed by atoms with Crippen molar-refractivity contribution in [2.24, 2.45) is 4.99 Å². The van der Waals surface area contributed by atoms with Gasteiger partial charge in [-0.1, -0.05) is 83.6 Å². The van der Waals surface area contributed by atoms with Crippen LogP contribution in [0, 0.1) is 0 Å². The van der Waals surface area contributed by atoms with Crippen molar-refractivity contribution in [3.8, 4) is 0 Å². The van der Waals surface area contributed by atoms with Gasteiger partial charge in [-0.3, -0.25) is 9.28 Å². The Morgan fingerprint density at radius 2 is 1.59 bits per heavy atom. The van der Waals surface area contributed by atoms with E-state index in [1.807, 2.05) is 6.21 Å². The van der Waals surface area contributed by atoms with Gasteiger partial charge < -0.3 is 5.32 Å². The summed E-state index contributed by atoms with van der Waals surface area (Å²) in [6.45, 7) is 10.0. The number of amides is 1. The third-order valence-electron chi connectivity index (χ3n) is 6.51. The Labute approximate surface area is 180 Å². The maximum atomic E-state index is 11.5. The van der Waals surface area contributed by atoms with Gasteiger partial charge in [0, 0.05) is 13.8 Å². The number of carbonyl (C=O) groups is 1. The molecule has 0 bridgehead atoms. The number of nitrogens with zero attached hydrogens (tertiary/aromatic N) is 2. The Morgan fingerprint density at radius 1 is 1.03 bits per heavy atom. The maximum absolute atomic E-state index is 11.5. The molecule has 0 spiro atoms. The number of aliphatic imine (C=N–C) groups is 1. The second kappa shape index (κ2) is 15.6. The second-order valence-electron chi connectivity index (χ2n) is 8.83. The molecule has 1 rings (SSSR count). The van der Waals surface area contributed by atoms with E-state index in [0.717, 1.165) is 24.0 Å². The van der Waals surface area contributed by atoms with E-state index in [1.54, 1.807) is 6.92 Å². The van der Waals surface area contributed by atoms with Gasteiger partial charge in [-0.2, -0.15) is 0 Å². The Morgan fingerprint density at radius 3 is 2.10 bits per heavy atom. The molecule has 29 heavy (non-hydrogen) atoms. The van der Waals surface area contributed by atoms with Crippen molar-refractivity contribution in [3.63, 3.8) is 0 Å². The van der Waals surface area contributed by atoms with Crippen molar-refractivity contribution in [1.82, 2.24) is 5.32 Å². The highest BCUT2D eigenvalue weighted by molar-refractivity contribution is 5.73. The molecule has 4 heteroatoms. The molecule has 4 nitrogen and oxygen atoms in total. The Bertz CT molecular complexity index is 488. The SMILES string of the molecule is CCCCCCCCCCCCCC/C=C/C1N=CC[N+]1(CC)C(C)NC(C)=O. The van der Waals surface area contributed by atoms with E-state index in [9.17, 15) is 4.79 Å². The van der Waals surface area contributed by atoms with E-state index in [1.165, 1.54) is 77.0 Å². The molecule has 1 aliphatic rings. The molecule has 1 amide bonds. The zero-order valence-corrected chi connectivity index (χ0v) is 19.8. The zero-order valence-electron chi connectivity index (χ0n) is 19.8. The van der Waals surface area contributed by atoms with Gasteiger partial charge in [-0.25, -0.2) is 4.99 Å². The highest BCUT2D eigenvalue weighted by Gasteiger charge is 2.41. The van der Waals surface area contributed by atoms with Crippen LogP contribution >= 0.6 is 0 Å². The lowest BCUT2D eigenvalue weighted by molar-refractivity contribution is -0.953. The second-order valence-corrected chi connectivity index (χ2v) is 8.83. The van der Waals surface area contributed by atoms with Crippen LogP contribution in [0.15, 0.2) is 17.1 Å². The number of rotatable bonds is 17. The lowest BCUT2D eigenvalue weighted by Crippen LogP contribution is -2.63. The van der Waals surface area contributed by atoms with Gasteiger partial charge in [0.2, 0.25) is 12.1 Å². The summed E-state index contributed by atoms with van der Waals surface area (Å²) in [4.78, 5) is 16.2. The Hall–Kier alpha value is -1.16. The standard InChI is InChI=1S/C25H47N3O/c1-5-7-8-9-10-11-12-13-14-15-16-17-18-19-20-25-26-21-22-28(25,6-2)23(3)27-24(4)29/h19-21,23,25H,5-18,22H2,1-4H3/p+1/b20-19+. The number of carbonyl (C=O) groups excluding carboxylic acids is 1. The van der Waals surface area contributed by atoms with Crippen LogP contribution in [0.25, 0.3) is 0 Å².